The first-order chi connectivity index (χ1) is 4.48. The summed E-state index contributed by atoms with van der Waals surface area (Å²) in [6.07, 6.45) is 0. The Morgan fingerprint density at radius 3 is 2.30 bits per heavy atom. The molecule has 0 aromatic heterocycles. The summed E-state index contributed by atoms with van der Waals surface area (Å²) in [4.78, 5) is 11.8. The molecule has 0 amide bonds. The number of likely N-dealkylation sites (N-methyl/N-ethyl adjacent to an activating group) is 1. The molecule has 0 saturated carbocycles. The van der Waals surface area contributed by atoms with Gasteiger partial charge < -0.3 is 9.64 Å². The zero-order valence-electron chi connectivity index (χ0n) is 6.97. The SMILES string of the molecule is CN(C)CC(C)(C)O[C]=O. The van der Waals surface area contributed by atoms with Gasteiger partial charge in [-0.05, 0) is 27.9 Å². The number of nitrogens with zero attached hydrogens (tertiary/aromatic N) is 1. The molecule has 0 bridgehead atoms. The molecule has 0 rings (SSSR count). The van der Waals surface area contributed by atoms with Crippen LogP contribution in [0, 0.1) is 0 Å². The molecule has 0 aromatic rings. The second-order valence-electron chi connectivity index (χ2n) is 3.18. The van der Waals surface area contributed by atoms with Gasteiger partial charge in [-0.15, -0.1) is 0 Å². The lowest BCUT2D eigenvalue weighted by Crippen LogP contribution is -2.36. The van der Waals surface area contributed by atoms with E-state index < -0.39 is 5.60 Å². The summed E-state index contributed by atoms with van der Waals surface area (Å²) in [5.41, 5.74) is -0.425. The minimum absolute atomic E-state index is 0.425. The van der Waals surface area contributed by atoms with Crippen LogP contribution in [-0.2, 0) is 9.53 Å². The molecule has 0 N–H and O–H groups in total. The highest BCUT2D eigenvalue weighted by Gasteiger charge is 2.19. The van der Waals surface area contributed by atoms with Crippen molar-refractivity contribution in [3.63, 3.8) is 0 Å². The molecule has 3 heteroatoms. The molecule has 0 aromatic carbocycles. The highest BCUT2D eigenvalue weighted by atomic mass is 16.5. The topological polar surface area (TPSA) is 29.5 Å². The maximum atomic E-state index is 9.84. The van der Waals surface area contributed by atoms with Crippen LogP contribution in [0.4, 0.5) is 0 Å². The van der Waals surface area contributed by atoms with Gasteiger partial charge in [-0.25, -0.2) is 4.79 Å². The summed E-state index contributed by atoms with van der Waals surface area (Å²) in [5, 5.41) is 0. The Bertz CT molecular complexity index is 110. The van der Waals surface area contributed by atoms with Gasteiger partial charge in [-0.2, -0.15) is 0 Å². The first-order valence-corrected chi connectivity index (χ1v) is 3.18. The lowest BCUT2D eigenvalue weighted by atomic mass is 10.1. The summed E-state index contributed by atoms with van der Waals surface area (Å²) >= 11 is 0. The summed E-state index contributed by atoms with van der Waals surface area (Å²) in [5.74, 6) is 0. The third-order valence-electron chi connectivity index (χ3n) is 1.01. The molecule has 3 nitrogen and oxygen atoms in total. The molecule has 0 atom stereocenters. The number of hydrogen-bond acceptors (Lipinski definition) is 3. The molecule has 10 heavy (non-hydrogen) atoms. The smallest absolute Gasteiger partial charge is 0.418 e. The summed E-state index contributed by atoms with van der Waals surface area (Å²) in [6, 6.07) is 0. The molecule has 59 valence electrons. The second kappa shape index (κ2) is 3.56. The van der Waals surface area contributed by atoms with Crippen LogP contribution in [0.2, 0.25) is 0 Å². The van der Waals surface area contributed by atoms with Crippen LogP contribution in [0.15, 0.2) is 0 Å². The van der Waals surface area contributed by atoms with E-state index in [1.165, 1.54) is 6.47 Å². The molecule has 0 spiro atoms. The van der Waals surface area contributed by atoms with Gasteiger partial charge in [0.25, 0.3) is 0 Å². The molecule has 1 radical (unpaired) electrons. The van der Waals surface area contributed by atoms with Gasteiger partial charge in [0.15, 0.2) is 0 Å². The number of hydrogen-bond donors (Lipinski definition) is 0. The van der Waals surface area contributed by atoms with Crippen LogP contribution in [0.5, 0.6) is 0 Å². The average molecular weight is 144 g/mol. The largest absolute Gasteiger partial charge is 0.450 e. The van der Waals surface area contributed by atoms with Gasteiger partial charge >= 0.3 is 6.47 Å². The fraction of sp³-hybridized carbons (Fsp3) is 0.857. The zero-order chi connectivity index (χ0) is 8.20. The standard InChI is InChI=1S/C7H14NO2/c1-7(2,10-6-9)5-8(3)4/h5H2,1-4H3. The maximum absolute atomic E-state index is 9.84. The summed E-state index contributed by atoms with van der Waals surface area (Å²) < 4.78 is 4.69. The van der Waals surface area contributed by atoms with Crippen LogP contribution < -0.4 is 0 Å². The van der Waals surface area contributed by atoms with Gasteiger partial charge in [-0.1, -0.05) is 0 Å². The van der Waals surface area contributed by atoms with Crippen molar-refractivity contribution in [3.8, 4) is 0 Å². The summed E-state index contributed by atoms with van der Waals surface area (Å²) in [7, 11) is 3.85. The van der Waals surface area contributed by atoms with Crippen LogP contribution in [-0.4, -0.2) is 37.6 Å². The van der Waals surface area contributed by atoms with E-state index in [-0.39, 0.29) is 0 Å². The Morgan fingerprint density at radius 1 is 1.50 bits per heavy atom. The highest BCUT2D eigenvalue weighted by Crippen LogP contribution is 2.07. The quantitative estimate of drug-likeness (QED) is 0.572. The van der Waals surface area contributed by atoms with Gasteiger partial charge in [0.2, 0.25) is 0 Å². The lowest BCUT2D eigenvalue weighted by Gasteiger charge is -2.25. The Morgan fingerprint density at radius 2 is 2.00 bits per heavy atom. The fourth-order valence-electron chi connectivity index (χ4n) is 0.907. The predicted molar refractivity (Wildman–Crippen MR) is 39.4 cm³/mol. The van der Waals surface area contributed by atoms with Crippen molar-refractivity contribution in [1.82, 2.24) is 4.90 Å². The maximum Gasteiger partial charge on any atom is 0.418 e. The van der Waals surface area contributed by atoms with Crippen molar-refractivity contribution in [3.05, 3.63) is 0 Å². The van der Waals surface area contributed by atoms with Crippen LogP contribution in [0.25, 0.3) is 0 Å². The zero-order valence-corrected chi connectivity index (χ0v) is 6.97. The Balaban J connectivity index is 3.73. The number of ether oxygens (including phenoxy) is 1. The van der Waals surface area contributed by atoms with Crippen LogP contribution >= 0.6 is 0 Å². The van der Waals surface area contributed by atoms with E-state index >= 15 is 0 Å². The predicted octanol–water partition coefficient (Wildman–Crippen LogP) is 0.410. The Hall–Kier alpha value is -0.570. The molecule has 0 saturated heterocycles. The van der Waals surface area contributed by atoms with Crippen LogP contribution in [0.1, 0.15) is 13.8 Å². The van der Waals surface area contributed by atoms with E-state index in [0.29, 0.717) is 6.54 Å². The average Bonchev–Trinajstić information content (AvgIpc) is 1.59. The van der Waals surface area contributed by atoms with E-state index in [9.17, 15) is 4.79 Å². The number of carbonyl (C=O) groups excluding carboxylic acids is 1. The third-order valence-corrected chi connectivity index (χ3v) is 1.01. The highest BCUT2D eigenvalue weighted by molar-refractivity contribution is 5.39. The Kier molecular flexibility index (Phi) is 3.36. The van der Waals surface area contributed by atoms with Crippen molar-refractivity contribution < 1.29 is 9.53 Å². The molecule has 0 unspecified atom stereocenters. The van der Waals surface area contributed by atoms with Crippen molar-refractivity contribution in [2.75, 3.05) is 20.6 Å². The molecule has 0 heterocycles. The molecule has 0 aliphatic rings. The monoisotopic (exact) mass is 144 g/mol. The van der Waals surface area contributed by atoms with Crippen molar-refractivity contribution in [2.24, 2.45) is 0 Å². The molecule has 0 fully saturated rings. The van der Waals surface area contributed by atoms with Gasteiger partial charge in [0.05, 0.1) is 0 Å². The van der Waals surface area contributed by atoms with E-state index in [2.05, 4.69) is 0 Å². The van der Waals surface area contributed by atoms with E-state index in [1.807, 2.05) is 32.8 Å². The number of rotatable bonds is 4. The minimum Gasteiger partial charge on any atom is -0.450 e. The third kappa shape index (κ3) is 4.32. The van der Waals surface area contributed by atoms with E-state index in [0.717, 1.165) is 0 Å². The van der Waals surface area contributed by atoms with Crippen molar-refractivity contribution >= 4 is 6.47 Å². The molecular weight excluding hydrogens is 130 g/mol. The minimum atomic E-state index is -0.425. The van der Waals surface area contributed by atoms with E-state index in [4.69, 9.17) is 4.74 Å². The lowest BCUT2D eigenvalue weighted by molar-refractivity contribution is 0.0610. The van der Waals surface area contributed by atoms with Gasteiger partial charge in [0.1, 0.15) is 5.60 Å². The first kappa shape index (κ1) is 9.43. The normalized spacial score (nSPS) is 11.7. The van der Waals surface area contributed by atoms with Crippen molar-refractivity contribution in [1.29, 1.82) is 0 Å². The van der Waals surface area contributed by atoms with Crippen molar-refractivity contribution in [2.45, 2.75) is 19.4 Å². The second-order valence-corrected chi connectivity index (χ2v) is 3.18. The van der Waals surface area contributed by atoms with Crippen LogP contribution in [0.3, 0.4) is 0 Å². The first-order valence-electron chi connectivity index (χ1n) is 3.18. The fourth-order valence-corrected chi connectivity index (χ4v) is 0.907. The Labute approximate surface area is 62.0 Å². The molecular formula is C7H14NO2. The molecule has 0 aliphatic heterocycles. The molecule has 0 aliphatic carbocycles. The van der Waals surface area contributed by atoms with Gasteiger partial charge in [-0.3, -0.25) is 0 Å². The van der Waals surface area contributed by atoms with E-state index in [1.54, 1.807) is 0 Å². The van der Waals surface area contributed by atoms with Gasteiger partial charge in [0, 0.05) is 6.54 Å². The summed E-state index contributed by atoms with van der Waals surface area (Å²) in [6.45, 7) is 5.84.